The lowest BCUT2D eigenvalue weighted by Crippen LogP contribution is -2.30. The standard InChI is InChI=1S/C10H16N4/c1-2-4-8-7(3-1)5-9(13-8)10-11-6-12-14-10/h6-9,13H,1-5H2,(H,11,12,14). The summed E-state index contributed by atoms with van der Waals surface area (Å²) in [6.45, 7) is 0. The van der Waals surface area contributed by atoms with E-state index in [2.05, 4.69) is 20.5 Å². The number of hydrogen-bond acceptors (Lipinski definition) is 3. The molecule has 1 saturated heterocycles. The van der Waals surface area contributed by atoms with Gasteiger partial charge in [0.15, 0.2) is 0 Å². The number of fused-ring (bicyclic) bond motifs is 1. The molecule has 1 aromatic heterocycles. The highest BCUT2D eigenvalue weighted by Gasteiger charge is 2.36. The topological polar surface area (TPSA) is 53.6 Å². The first kappa shape index (κ1) is 8.41. The summed E-state index contributed by atoms with van der Waals surface area (Å²) in [5, 5.41) is 10.5. The normalized spacial score (nSPS) is 37.0. The van der Waals surface area contributed by atoms with Crippen molar-refractivity contribution in [2.75, 3.05) is 0 Å². The number of aromatic nitrogens is 3. The summed E-state index contributed by atoms with van der Waals surface area (Å²) in [6, 6.07) is 1.16. The van der Waals surface area contributed by atoms with E-state index in [0.29, 0.717) is 6.04 Å². The maximum Gasteiger partial charge on any atom is 0.141 e. The molecule has 2 aliphatic rings. The number of aromatic amines is 1. The minimum atomic E-state index is 0.422. The van der Waals surface area contributed by atoms with Gasteiger partial charge in [0.2, 0.25) is 0 Å². The van der Waals surface area contributed by atoms with Gasteiger partial charge < -0.3 is 5.32 Å². The zero-order valence-electron chi connectivity index (χ0n) is 8.24. The van der Waals surface area contributed by atoms with Gasteiger partial charge >= 0.3 is 0 Å². The van der Waals surface area contributed by atoms with Crippen LogP contribution in [0.2, 0.25) is 0 Å². The molecule has 0 radical (unpaired) electrons. The molecule has 14 heavy (non-hydrogen) atoms. The zero-order chi connectivity index (χ0) is 9.38. The van der Waals surface area contributed by atoms with Crippen molar-refractivity contribution in [1.82, 2.24) is 20.5 Å². The van der Waals surface area contributed by atoms with Crippen molar-refractivity contribution in [1.29, 1.82) is 0 Å². The smallest absolute Gasteiger partial charge is 0.141 e. The molecule has 1 saturated carbocycles. The second kappa shape index (κ2) is 3.35. The summed E-state index contributed by atoms with van der Waals surface area (Å²) in [4.78, 5) is 4.23. The summed E-state index contributed by atoms with van der Waals surface area (Å²) in [7, 11) is 0. The van der Waals surface area contributed by atoms with E-state index in [0.717, 1.165) is 17.8 Å². The van der Waals surface area contributed by atoms with Gasteiger partial charge in [-0.25, -0.2) is 4.98 Å². The van der Waals surface area contributed by atoms with Crippen LogP contribution in [0.15, 0.2) is 6.33 Å². The Kier molecular flexibility index (Phi) is 2.01. The van der Waals surface area contributed by atoms with Crippen LogP contribution in [0.3, 0.4) is 0 Å². The van der Waals surface area contributed by atoms with Crippen molar-refractivity contribution < 1.29 is 0 Å². The molecule has 1 aliphatic heterocycles. The molecule has 4 heteroatoms. The van der Waals surface area contributed by atoms with Crippen molar-refractivity contribution >= 4 is 0 Å². The van der Waals surface area contributed by atoms with Gasteiger partial charge in [-0.3, -0.25) is 5.10 Å². The summed E-state index contributed by atoms with van der Waals surface area (Å²) < 4.78 is 0. The third-order valence-corrected chi connectivity index (χ3v) is 3.63. The van der Waals surface area contributed by atoms with Crippen molar-refractivity contribution in [3.8, 4) is 0 Å². The fraction of sp³-hybridized carbons (Fsp3) is 0.800. The molecule has 3 atom stereocenters. The lowest BCUT2D eigenvalue weighted by atomic mass is 9.85. The Balaban J connectivity index is 1.74. The van der Waals surface area contributed by atoms with Gasteiger partial charge in [-0.15, -0.1) is 0 Å². The monoisotopic (exact) mass is 192 g/mol. The van der Waals surface area contributed by atoms with Crippen LogP contribution in [0.1, 0.15) is 44.0 Å². The van der Waals surface area contributed by atoms with Gasteiger partial charge in [0.05, 0.1) is 6.04 Å². The van der Waals surface area contributed by atoms with Gasteiger partial charge in [-0.05, 0) is 25.2 Å². The van der Waals surface area contributed by atoms with E-state index in [1.807, 2.05) is 0 Å². The van der Waals surface area contributed by atoms with Crippen molar-refractivity contribution in [3.63, 3.8) is 0 Å². The number of rotatable bonds is 1. The van der Waals surface area contributed by atoms with Crippen LogP contribution in [-0.4, -0.2) is 21.2 Å². The summed E-state index contributed by atoms with van der Waals surface area (Å²) in [5.74, 6) is 1.89. The molecule has 2 heterocycles. The average Bonchev–Trinajstić information content (AvgIpc) is 2.86. The second-order valence-electron chi connectivity index (χ2n) is 4.48. The molecule has 3 rings (SSSR count). The van der Waals surface area contributed by atoms with Gasteiger partial charge in [0.25, 0.3) is 0 Å². The molecule has 2 N–H and O–H groups in total. The maximum atomic E-state index is 4.23. The first-order chi connectivity index (χ1) is 6.93. The van der Waals surface area contributed by atoms with Crippen molar-refractivity contribution in [3.05, 3.63) is 12.2 Å². The van der Waals surface area contributed by atoms with E-state index in [1.165, 1.54) is 32.1 Å². The molecule has 0 spiro atoms. The molecule has 0 bridgehead atoms. The van der Waals surface area contributed by atoms with E-state index in [9.17, 15) is 0 Å². The highest BCUT2D eigenvalue weighted by Crippen LogP contribution is 2.37. The quantitative estimate of drug-likeness (QED) is 0.707. The third-order valence-electron chi connectivity index (χ3n) is 3.63. The lowest BCUT2D eigenvalue weighted by molar-refractivity contribution is 0.325. The van der Waals surface area contributed by atoms with Crippen LogP contribution >= 0.6 is 0 Å². The third kappa shape index (κ3) is 1.34. The Bertz CT molecular complexity index is 281. The second-order valence-corrected chi connectivity index (χ2v) is 4.48. The van der Waals surface area contributed by atoms with Crippen molar-refractivity contribution in [2.45, 2.75) is 44.2 Å². The zero-order valence-corrected chi connectivity index (χ0v) is 8.24. The highest BCUT2D eigenvalue weighted by molar-refractivity contribution is 5.01. The molecule has 76 valence electrons. The predicted molar refractivity (Wildman–Crippen MR) is 52.6 cm³/mol. The van der Waals surface area contributed by atoms with E-state index in [-0.39, 0.29) is 0 Å². The summed E-state index contributed by atoms with van der Waals surface area (Å²) in [5.41, 5.74) is 0. The van der Waals surface area contributed by atoms with Crippen LogP contribution in [0.4, 0.5) is 0 Å². The van der Waals surface area contributed by atoms with Gasteiger partial charge in [0, 0.05) is 6.04 Å². The first-order valence-corrected chi connectivity index (χ1v) is 5.55. The van der Waals surface area contributed by atoms with Gasteiger partial charge in [-0.1, -0.05) is 12.8 Å². The molecule has 0 aromatic carbocycles. The number of H-pyrrole nitrogens is 1. The van der Waals surface area contributed by atoms with E-state index >= 15 is 0 Å². The number of nitrogens with one attached hydrogen (secondary N) is 2. The Morgan fingerprint density at radius 2 is 2.21 bits per heavy atom. The van der Waals surface area contributed by atoms with Crippen molar-refractivity contribution in [2.24, 2.45) is 5.92 Å². The predicted octanol–water partition coefficient (Wildman–Crippen LogP) is 1.40. The molecule has 1 aliphatic carbocycles. The summed E-state index contributed by atoms with van der Waals surface area (Å²) >= 11 is 0. The Morgan fingerprint density at radius 1 is 1.29 bits per heavy atom. The minimum Gasteiger partial charge on any atom is -0.304 e. The van der Waals surface area contributed by atoms with E-state index in [1.54, 1.807) is 6.33 Å². The molecule has 2 fully saturated rings. The van der Waals surface area contributed by atoms with E-state index in [4.69, 9.17) is 0 Å². The fourth-order valence-corrected chi connectivity index (χ4v) is 2.91. The van der Waals surface area contributed by atoms with Crippen LogP contribution in [0.5, 0.6) is 0 Å². The van der Waals surface area contributed by atoms with Crippen LogP contribution in [0.25, 0.3) is 0 Å². The first-order valence-electron chi connectivity index (χ1n) is 5.55. The minimum absolute atomic E-state index is 0.422. The number of nitrogens with zero attached hydrogens (tertiary/aromatic N) is 2. The lowest BCUT2D eigenvalue weighted by Gasteiger charge is -2.24. The van der Waals surface area contributed by atoms with E-state index < -0.39 is 0 Å². The molecule has 0 amide bonds. The fourth-order valence-electron chi connectivity index (χ4n) is 2.91. The molecule has 3 unspecified atom stereocenters. The highest BCUT2D eigenvalue weighted by atomic mass is 15.2. The molecular formula is C10H16N4. The molecule has 1 aromatic rings. The largest absolute Gasteiger partial charge is 0.304 e. The molecular weight excluding hydrogens is 176 g/mol. The number of hydrogen-bond donors (Lipinski definition) is 2. The Morgan fingerprint density at radius 3 is 3.00 bits per heavy atom. The SMILES string of the molecule is c1n[nH]c(C2CC3CCCCC3N2)n1. The Hall–Kier alpha value is -0.900. The Labute approximate surface area is 83.5 Å². The van der Waals surface area contributed by atoms with Gasteiger partial charge in [0.1, 0.15) is 12.2 Å². The van der Waals surface area contributed by atoms with Crippen LogP contribution < -0.4 is 5.32 Å². The van der Waals surface area contributed by atoms with Crippen LogP contribution in [0, 0.1) is 5.92 Å². The summed E-state index contributed by atoms with van der Waals surface area (Å²) in [6.07, 6.45) is 8.36. The molecule has 4 nitrogen and oxygen atoms in total. The van der Waals surface area contributed by atoms with Crippen LogP contribution in [-0.2, 0) is 0 Å². The van der Waals surface area contributed by atoms with Gasteiger partial charge in [-0.2, -0.15) is 5.10 Å². The maximum absolute atomic E-state index is 4.23. The average molecular weight is 192 g/mol.